The van der Waals surface area contributed by atoms with Gasteiger partial charge in [-0.2, -0.15) is 0 Å². The van der Waals surface area contributed by atoms with Gasteiger partial charge in [0.2, 0.25) is 6.29 Å². The highest BCUT2D eigenvalue weighted by Crippen LogP contribution is 2.32. The molecule has 1 fully saturated rings. The number of carbonyl (C=O) groups is 2. The maximum atomic E-state index is 12.1. The summed E-state index contributed by atoms with van der Waals surface area (Å²) in [7, 11) is 0. The number of rotatable bonds is 9. The highest BCUT2D eigenvalue weighted by Gasteiger charge is 2.45. The zero-order chi connectivity index (χ0) is 26.4. The minimum absolute atomic E-state index is 0.0119. The molecule has 0 aromatic heterocycles. The number of aliphatic hydroxyl groups is 3. The van der Waals surface area contributed by atoms with Crippen LogP contribution in [0.2, 0.25) is 0 Å². The third-order valence-corrected chi connectivity index (χ3v) is 5.50. The lowest BCUT2D eigenvalue weighted by Gasteiger charge is -2.39. The summed E-state index contributed by atoms with van der Waals surface area (Å²) in [6.07, 6.45) is -4.73. The summed E-state index contributed by atoms with van der Waals surface area (Å²) >= 11 is 0. The molecule has 11 nitrogen and oxygen atoms in total. The van der Waals surface area contributed by atoms with E-state index < -0.39 is 43.3 Å². The van der Waals surface area contributed by atoms with Crippen LogP contribution in [0.1, 0.15) is 24.5 Å². The lowest BCUT2D eigenvalue weighted by atomic mass is 9.99. The highest BCUT2D eigenvalue weighted by atomic mass is 16.7. The predicted molar refractivity (Wildman–Crippen MR) is 124 cm³/mol. The second kappa shape index (κ2) is 11.9. The molecule has 0 saturated carbocycles. The Morgan fingerprint density at radius 2 is 1.67 bits per heavy atom. The van der Waals surface area contributed by atoms with E-state index in [2.05, 4.69) is 0 Å². The van der Waals surface area contributed by atoms with Crippen molar-refractivity contribution in [3.8, 4) is 23.0 Å². The molecule has 0 amide bonds. The Kier molecular flexibility index (Phi) is 8.88. The van der Waals surface area contributed by atoms with E-state index >= 15 is 0 Å². The fourth-order valence-corrected chi connectivity index (χ4v) is 3.43. The molecular weight excluding hydrogens is 476 g/mol. The number of hydrogen-bond donors (Lipinski definition) is 6. The Balaban J connectivity index is 1.63. The molecule has 194 valence electrons. The molecule has 1 aliphatic heterocycles. The van der Waals surface area contributed by atoms with Gasteiger partial charge < -0.3 is 49.6 Å². The largest absolute Gasteiger partial charge is 0.504 e. The van der Waals surface area contributed by atoms with Crippen molar-refractivity contribution < 1.29 is 54.4 Å². The van der Waals surface area contributed by atoms with Crippen LogP contribution in [-0.2, 0) is 25.5 Å². The number of carbonyl (C=O) groups excluding carboxylic acids is 2. The first-order chi connectivity index (χ1) is 17.0. The van der Waals surface area contributed by atoms with Crippen molar-refractivity contribution in [2.24, 2.45) is 0 Å². The second-order valence-electron chi connectivity index (χ2n) is 8.35. The summed E-state index contributed by atoms with van der Waals surface area (Å²) in [4.78, 5) is 23.3. The van der Waals surface area contributed by atoms with E-state index in [-0.39, 0.29) is 35.2 Å². The van der Waals surface area contributed by atoms with Gasteiger partial charge in [-0.15, -0.1) is 0 Å². The molecule has 11 heteroatoms. The molecule has 36 heavy (non-hydrogen) atoms. The van der Waals surface area contributed by atoms with E-state index in [1.54, 1.807) is 6.07 Å². The molecule has 0 unspecified atom stereocenters. The van der Waals surface area contributed by atoms with E-state index in [0.29, 0.717) is 17.5 Å². The molecule has 6 N–H and O–H groups in total. The first-order valence-electron chi connectivity index (χ1n) is 11.1. The number of benzene rings is 2. The van der Waals surface area contributed by atoms with Gasteiger partial charge in [-0.05, 0) is 54.8 Å². The van der Waals surface area contributed by atoms with Crippen LogP contribution in [0.3, 0.4) is 0 Å². The summed E-state index contributed by atoms with van der Waals surface area (Å²) in [5.74, 6) is -1.86. The third-order valence-electron chi connectivity index (χ3n) is 5.50. The summed E-state index contributed by atoms with van der Waals surface area (Å²) < 4.78 is 16.1. The third kappa shape index (κ3) is 6.95. The normalized spacial score (nSPS) is 23.9. The van der Waals surface area contributed by atoms with Crippen molar-refractivity contribution in [3.05, 3.63) is 53.6 Å². The van der Waals surface area contributed by atoms with Crippen molar-refractivity contribution in [2.45, 2.75) is 50.5 Å². The lowest BCUT2D eigenvalue weighted by Crippen LogP contribution is -2.60. The van der Waals surface area contributed by atoms with E-state index in [1.807, 2.05) is 0 Å². The van der Waals surface area contributed by atoms with Gasteiger partial charge in [0.15, 0.2) is 23.0 Å². The summed E-state index contributed by atoms with van der Waals surface area (Å²) in [5, 5.41) is 59.8. The molecular formula is C25H28O11. The predicted octanol–water partition coefficient (Wildman–Crippen LogP) is 0.768. The highest BCUT2D eigenvalue weighted by molar-refractivity contribution is 5.87. The van der Waals surface area contributed by atoms with Crippen molar-refractivity contribution in [1.82, 2.24) is 0 Å². The molecule has 1 aliphatic rings. The maximum absolute atomic E-state index is 12.1. The smallest absolute Gasteiger partial charge is 0.330 e. The molecule has 0 bridgehead atoms. The number of ether oxygens (including phenoxy) is 3. The Morgan fingerprint density at radius 3 is 2.36 bits per heavy atom. The fraction of sp³-hybridized carbons (Fsp3) is 0.360. The Bertz CT molecular complexity index is 1110. The molecule has 0 spiro atoms. The summed E-state index contributed by atoms with van der Waals surface area (Å²) in [5.41, 5.74) is 1.09. The van der Waals surface area contributed by atoms with Gasteiger partial charge in [-0.3, -0.25) is 0 Å². The quantitative estimate of drug-likeness (QED) is 0.161. The molecule has 2 aromatic carbocycles. The van der Waals surface area contributed by atoms with Crippen molar-refractivity contribution >= 4 is 17.8 Å². The lowest BCUT2D eigenvalue weighted by molar-refractivity contribution is -0.278. The fourth-order valence-electron chi connectivity index (χ4n) is 3.43. The minimum Gasteiger partial charge on any atom is -0.504 e. The second-order valence-corrected chi connectivity index (χ2v) is 8.35. The number of Topliss-reactive ketones (excluding diaryl/α,β-unsaturated/α-hetero) is 1. The number of aromatic hydroxyl groups is 3. The summed E-state index contributed by atoms with van der Waals surface area (Å²) in [6.45, 7) is 0.956. The van der Waals surface area contributed by atoms with Crippen LogP contribution in [0.5, 0.6) is 23.0 Å². The van der Waals surface area contributed by atoms with E-state index in [1.165, 1.54) is 43.3 Å². The molecule has 0 radical (unpaired) electrons. The van der Waals surface area contributed by atoms with Crippen LogP contribution < -0.4 is 4.74 Å². The van der Waals surface area contributed by atoms with Gasteiger partial charge in [0.1, 0.15) is 36.8 Å². The number of hydrogen-bond acceptors (Lipinski definition) is 11. The van der Waals surface area contributed by atoms with Crippen molar-refractivity contribution in [2.75, 3.05) is 6.61 Å². The van der Waals surface area contributed by atoms with Crippen LogP contribution in [0, 0.1) is 0 Å². The number of esters is 1. The number of phenolic OH excluding ortho intramolecular Hbond substituents is 3. The topological polar surface area (TPSA) is 183 Å². The van der Waals surface area contributed by atoms with Crippen molar-refractivity contribution in [1.29, 1.82) is 0 Å². The maximum Gasteiger partial charge on any atom is 0.330 e. The molecule has 2 aromatic rings. The zero-order valence-electron chi connectivity index (χ0n) is 19.4. The van der Waals surface area contributed by atoms with Gasteiger partial charge in [-0.25, -0.2) is 4.79 Å². The molecule has 0 aliphatic carbocycles. The van der Waals surface area contributed by atoms with Crippen molar-refractivity contribution in [3.63, 3.8) is 0 Å². The molecule has 3 rings (SSSR count). The first-order valence-corrected chi connectivity index (χ1v) is 11.1. The molecule has 1 saturated heterocycles. The number of phenols is 3. The Labute approximate surface area is 206 Å². The zero-order valence-corrected chi connectivity index (χ0v) is 19.4. The monoisotopic (exact) mass is 504 g/mol. The van der Waals surface area contributed by atoms with E-state index in [4.69, 9.17) is 14.2 Å². The SMILES string of the molecule is CC(=O)CCc1ccc(O)c(O[C@@H]2O[C@H](COC(=O)/C=C/c3ccc(O)c(O)c3)[C@H](O)[C@H](O)[C@H]2O)c1. The van der Waals surface area contributed by atoms with Gasteiger partial charge in [0, 0.05) is 12.5 Å². The summed E-state index contributed by atoms with van der Waals surface area (Å²) in [6, 6.07) is 8.36. The average molecular weight is 504 g/mol. The number of ketones is 1. The van der Waals surface area contributed by atoms with Crippen LogP contribution in [0.25, 0.3) is 6.08 Å². The van der Waals surface area contributed by atoms with Gasteiger partial charge in [0.25, 0.3) is 0 Å². The van der Waals surface area contributed by atoms with Crippen LogP contribution in [-0.4, -0.2) is 79.7 Å². The molecule has 5 atom stereocenters. The Hall–Kier alpha value is -3.64. The van der Waals surface area contributed by atoms with Gasteiger partial charge >= 0.3 is 5.97 Å². The minimum atomic E-state index is -1.70. The van der Waals surface area contributed by atoms with Crippen LogP contribution >= 0.6 is 0 Å². The number of aliphatic hydroxyl groups excluding tert-OH is 3. The van der Waals surface area contributed by atoms with E-state index in [0.717, 1.165) is 6.08 Å². The first kappa shape index (κ1) is 27.0. The number of aryl methyl sites for hydroxylation is 1. The average Bonchev–Trinajstić information content (AvgIpc) is 2.84. The van der Waals surface area contributed by atoms with Crippen LogP contribution in [0.15, 0.2) is 42.5 Å². The van der Waals surface area contributed by atoms with Gasteiger partial charge in [-0.1, -0.05) is 12.1 Å². The van der Waals surface area contributed by atoms with Gasteiger partial charge in [0.05, 0.1) is 0 Å². The van der Waals surface area contributed by atoms with E-state index in [9.17, 15) is 40.2 Å². The standard InChI is InChI=1S/C25H28O11/c1-13(26)2-3-15-5-8-17(28)19(11-15)35-25-24(33)23(32)22(31)20(36-25)12-34-21(30)9-6-14-4-7-16(27)18(29)10-14/h4-11,20,22-25,27-29,31-33H,2-3,12H2,1H3/b9-6+/t20-,22+,23+,24-,25-/m1/s1. The Morgan fingerprint density at radius 1 is 0.944 bits per heavy atom. The molecule has 1 heterocycles. The van der Waals surface area contributed by atoms with Crippen LogP contribution in [0.4, 0.5) is 0 Å².